The minimum absolute atomic E-state index is 0.572. The second kappa shape index (κ2) is 6.26. The zero-order valence-corrected chi connectivity index (χ0v) is 14.6. The van der Waals surface area contributed by atoms with Crippen molar-refractivity contribution in [3.8, 4) is 11.5 Å². The molecular weight excluding hydrogens is 338 g/mol. The van der Waals surface area contributed by atoms with Crippen LogP contribution in [0.15, 0.2) is 48.7 Å². The highest BCUT2D eigenvalue weighted by atomic mass is 35.5. The quantitative estimate of drug-likeness (QED) is 0.548. The lowest BCUT2D eigenvalue weighted by atomic mass is 10.1. The van der Waals surface area contributed by atoms with E-state index < -0.39 is 0 Å². The number of methoxy groups -OCH3 is 2. The van der Waals surface area contributed by atoms with Crippen molar-refractivity contribution in [2.75, 3.05) is 14.2 Å². The Balaban J connectivity index is 1.82. The van der Waals surface area contributed by atoms with Crippen LogP contribution >= 0.6 is 11.6 Å². The van der Waals surface area contributed by atoms with E-state index in [1.165, 1.54) is 0 Å². The van der Waals surface area contributed by atoms with Gasteiger partial charge in [0.2, 0.25) is 0 Å². The van der Waals surface area contributed by atoms with Gasteiger partial charge in [-0.2, -0.15) is 5.10 Å². The third-order valence-corrected chi connectivity index (χ3v) is 4.59. The van der Waals surface area contributed by atoms with Crippen molar-refractivity contribution < 1.29 is 9.47 Å². The van der Waals surface area contributed by atoms with Crippen molar-refractivity contribution in [2.45, 2.75) is 6.54 Å². The molecule has 0 fully saturated rings. The number of nitrogens with zero attached hydrogens (tertiary/aromatic N) is 3. The van der Waals surface area contributed by atoms with E-state index in [2.05, 4.69) is 10.1 Å². The molecule has 5 nitrogen and oxygen atoms in total. The fourth-order valence-electron chi connectivity index (χ4n) is 2.89. The van der Waals surface area contributed by atoms with Gasteiger partial charge in [0.05, 0.1) is 37.9 Å². The first-order chi connectivity index (χ1) is 12.2. The molecule has 0 aliphatic carbocycles. The Bertz CT molecular complexity index is 1060. The average Bonchev–Trinajstić information content (AvgIpc) is 2.98. The first-order valence-corrected chi connectivity index (χ1v) is 8.19. The Morgan fingerprint density at radius 3 is 2.40 bits per heavy atom. The van der Waals surface area contributed by atoms with Gasteiger partial charge in [-0.05, 0) is 35.9 Å². The largest absolute Gasteiger partial charge is 0.497 e. The van der Waals surface area contributed by atoms with Crippen LogP contribution in [0.4, 0.5) is 0 Å². The van der Waals surface area contributed by atoms with Crippen LogP contribution in [0.3, 0.4) is 0 Å². The summed E-state index contributed by atoms with van der Waals surface area (Å²) >= 11 is 6.65. The molecule has 2 aromatic heterocycles. The van der Waals surface area contributed by atoms with Crippen molar-refractivity contribution in [1.82, 2.24) is 14.8 Å². The van der Waals surface area contributed by atoms with E-state index in [1.54, 1.807) is 25.1 Å². The normalized spacial score (nSPS) is 11.2. The Kier molecular flexibility index (Phi) is 3.93. The number of benzene rings is 2. The highest BCUT2D eigenvalue weighted by Gasteiger charge is 2.14. The topological polar surface area (TPSA) is 49.2 Å². The van der Waals surface area contributed by atoms with Crippen LogP contribution in [0.1, 0.15) is 5.56 Å². The van der Waals surface area contributed by atoms with Crippen LogP contribution in [0.2, 0.25) is 5.15 Å². The summed E-state index contributed by atoms with van der Waals surface area (Å²) in [5.41, 5.74) is 2.71. The second-order valence-corrected chi connectivity index (χ2v) is 6.06. The summed E-state index contributed by atoms with van der Waals surface area (Å²) in [7, 11) is 3.29. The van der Waals surface area contributed by atoms with Gasteiger partial charge in [-0.15, -0.1) is 0 Å². The van der Waals surface area contributed by atoms with Crippen LogP contribution in [0.5, 0.6) is 11.5 Å². The van der Waals surface area contributed by atoms with Gasteiger partial charge in [0.1, 0.15) is 22.2 Å². The molecule has 0 amide bonds. The van der Waals surface area contributed by atoms with Crippen LogP contribution < -0.4 is 9.47 Å². The molecule has 0 unspecified atom stereocenters. The zero-order chi connectivity index (χ0) is 17.4. The lowest BCUT2D eigenvalue weighted by Crippen LogP contribution is -2.01. The molecule has 0 bridgehead atoms. The first kappa shape index (κ1) is 15.7. The van der Waals surface area contributed by atoms with Gasteiger partial charge in [-0.25, -0.2) is 4.68 Å². The molecule has 25 heavy (non-hydrogen) atoms. The fraction of sp³-hybridized carbons (Fsp3) is 0.158. The van der Waals surface area contributed by atoms with Crippen molar-refractivity contribution in [1.29, 1.82) is 0 Å². The Morgan fingerprint density at radius 1 is 0.960 bits per heavy atom. The predicted octanol–water partition coefficient (Wildman–Crippen LogP) is 4.30. The number of pyridine rings is 1. The summed E-state index contributed by atoms with van der Waals surface area (Å²) < 4.78 is 12.3. The number of hydrogen-bond donors (Lipinski definition) is 0. The third-order valence-electron chi connectivity index (χ3n) is 4.21. The number of aromatic nitrogens is 3. The molecule has 126 valence electrons. The van der Waals surface area contributed by atoms with Crippen LogP contribution in [-0.4, -0.2) is 29.0 Å². The van der Waals surface area contributed by atoms with E-state index in [4.69, 9.17) is 21.1 Å². The van der Waals surface area contributed by atoms with Crippen LogP contribution in [0, 0.1) is 0 Å². The molecule has 4 rings (SSSR count). The molecule has 0 saturated carbocycles. The number of rotatable bonds is 4. The molecular formula is C19H16ClN3O2. The summed E-state index contributed by atoms with van der Waals surface area (Å²) in [4.78, 5) is 4.46. The zero-order valence-electron chi connectivity index (χ0n) is 13.9. The first-order valence-electron chi connectivity index (χ1n) is 7.81. The Labute approximate surface area is 149 Å². The van der Waals surface area contributed by atoms with E-state index in [-0.39, 0.29) is 0 Å². The Morgan fingerprint density at radius 2 is 1.68 bits per heavy atom. The van der Waals surface area contributed by atoms with Crippen LogP contribution in [0.25, 0.3) is 21.8 Å². The SMILES string of the molecule is COc1ccc(Cn2nc3cnc4ccc(OC)cc4c3c2Cl)cc1. The molecule has 6 heteroatoms. The van der Waals surface area contributed by atoms with E-state index in [9.17, 15) is 0 Å². The Hall–Kier alpha value is -2.79. The predicted molar refractivity (Wildman–Crippen MR) is 98.7 cm³/mol. The summed E-state index contributed by atoms with van der Waals surface area (Å²) in [6.07, 6.45) is 1.75. The molecule has 0 aliphatic heterocycles. The lowest BCUT2D eigenvalue weighted by molar-refractivity contribution is 0.414. The van der Waals surface area contributed by atoms with Crippen molar-refractivity contribution >= 4 is 33.4 Å². The highest BCUT2D eigenvalue weighted by Crippen LogP contribution is 2.32. The second-order valence-electron chi connectivity index (χ2n) is 5.70. The maximum Gasteiger partial charge on any atom is 0.136 e. The van der Waals surface area contributed by atoms with E-state index in [0.717, 1.165) is 38.9 Å². The minimum Gasteiger partial charge on any atom is -0.497 e. The maximum absolute atomic E-state index is 6.65. The van der Waals surface area contributed by atoms with Crippen molar-refractivity contribution in [3.63, 3.8) is 0 Å². The molecule has 4 aromatic rings. The van der Waals surface area contributed by atoms with E-state index >= 15 is 0 Å². The minimum atomic E-state index is 0.572. The molecule has 0 spiro atoms. The van der Waals surface area contributed by atoms with Gasteiger partial charge < -0.3 is 9.47 Å². The number of ether oxygens (including phenoxy) is 2. The van der Waals surface area contributed by atoms with Crippen molar-refractivity contribution in [2.24, 2.45) is 0 Å². The van der Waals surface area contributed by atoms with Gasteiger partial charge >= 0.3 is 0 Å². The summed E-state index contributed by atoms with van der Waals surface area (Å²) in [6, 6.07) is 13.6. The van der Waals surface area contributed by atoms with Crippen LogP contribution in [-0.2, 0) is 6.54 Å². The smallest absolute Gasteiger partial charge is 0.136 e. The molecule has 0 atom stereocenters. The van der Waals surface area contributed by atoms with E-state index in [0.29, 0.717) is 11.7 Å². The van der Waals surface area contributed by atoms with Gasteiger partial charge in [-0.3, -0.25) is 4.98 Å². The lowest BCUT2D eigenvalue weighted by Gasteiger charge is -2.05. The molecule has 0 saturated heterocycles. The van der Waals surface area contributed by atoms with Gasteiger partial charge in [0, 0.05) is 5.39 Å². The monoisotopic (exact) mass is 353 g/mol. The maximum atomic E-state index is 6.65. The summed E-state index contributed by atoms with van der Waals surface area (Å²) in [6.45, 7) is 0.572. The number of halogens is 1. The number of hydrogen-bond acceptors (Lipinski definition) is 4. The van der Waals surface area contributed by atoms with Gasteiger partial charge in [-0.1, -0.05) is 23.7 Å². The van der Waals surface area contributed by atoms with Crippen molar-refractivity contribution in [3.05, 3.63) is 59.4 Å². The fourth-order valence-corrected chi connectivity index (χ4v) is 3.19. The molecule has 0 radical (unpaired) electrons. The molecule has 0 N–H and O–H groups in total. The molecule has 0 aliphatic rings. The number of fused-ring (bicyclic) bond motifs is 3. The summed E-state index contributed by atoms with van der Waals surface area (Å²) in [5.74, 6) is 1.59. The molecule has 2 aromatic carbocycles. The highest BCUT2D eigenvalue weighted by molar-refractivity contribution is 6.36. The van der Waals surface area contributed by atoms with Gasteiger partial charge in [0.25, 0.3) is 0 Å². The summed E-state index contributed by atoms with van der Waals surface area (Å²) in [5, 5.41) is 7.02. The molecule has 2 heterocycles. The average molecular weight is 354 g/mol. The van der Waals surface area contributed by atoms with E-state index in [1.807, 2.05) is 42.5 Å². The third kappa shape index (κ3) is 2.76. The van der Waals surface area contributed by atoms with Gasteiger partial charge in [0.15, 0.2) is 0 Å². The standard InChI is InChI=1S/C19H16ClN3O2/c1-24-13-5-3-12(4-6-13)11-23-19(20)18-15-9-14(25-2)7-8-16(15)21-10-17(18)22-23/h3-10H,11H2,1-2H3.